The summed E-state index contributed by atoms with van der Waals surface area (Å²) in [5.41, 5.74) is 3.13. The van der Waals surface area contributed by atoms with Crippen LogP contribution in [-0.2, 0) is 17.8 Å². The summed E-state index contributed by atoms with van der Waals surface area (Å²) in [5, 5.41) is 0. The van der Waals surface area contributed by atoms with E-state index < -0.39 is 0 Å². The van der Waals surface area contributed by atoms with Gasteiger partial charge in [0.1, 0.15) is 18.1 Å². The summed E-state index contributed by atoms with van der Waals surface area (Å²) in [7, 11) is 0. The summed E-state index contributed by atoms with van der Waals surface area (Å²) in [6.07, 6.45) is 4.50. The molecule has 0 N–H and O–H groups in total. The van der Waals surface area contributed by atoms with Gasteiger partial charge in [-0.3, -0.25) is 4.79 Å². The van der Waals surface area contributed by atoms with E-state index in [9.17, 15) is 4.79 Å². The average molecular weight is 415 g/mol. The molecule has 4 aromatic rings. The summed E-state index contributed by atoms with van der Waals surface area (Å²) in [5.74, 6) is 2.73. The number of aryl methyl sites for hydroxylation is 1. The van der Waals surface area contributed by atoms with Gasteiger partial charge in [0.05, 0.1) is 23.1 Å². The maximum atomic E-state index is 13.1. The molecule has 5 rings (SSSR count). The molecule has 6 nitrogen and oxygen atoms in total. The molecule has 1 saturated heterocycles. The molecule has 2 aromatic carbocycles. The van der Waals surface area contributed by atoms with Crippen LogP contribution in [0.25, 0.3) is 11.0 Å². The second-order valence-electron chi connectivity index (χ2n) is 8.24. The van der Waals surface area contributed by atoms with Gasteiger partial charge in [-0.1, -0.05) is 42.5 Å². The number of fused-ring (bicyclic) bond motifs is 1. The molecule has 158 valence electrons. The van der Waals surface area contributed by atoms with E-state index in [1.165, 1.54) is 5.56 Å². The maximum Gasteiger partial charge on any atom is 0.242 e. The van der Waals surface area contributed by atoms with Gasteiger partial charge >= 0.3 is 0 Å². The van der Waals surface area contributed by atoms with Gasteiger partial charge in [0, 0.05) is 19.5 Å². The zero-order valence-corrected chi connectivity index (χ0v) is 17.7. The Labute approximate surface area is 181 Å². The Kier molecular flexibility index (Phi) is 5.28. The molecule has 6 heteroatoms. The van der Waals surface area contributed by atoms with Crippen LogP contribution in [0.5, 0.6) is 0 Å². The molecule has 1 atom stereocenters. The van der Waals surface area contributed by atoms with Crippen molar-refractivity contribution in [1.29, 1.82) is 0 Å². The van der Waals surface area contributed by atoms with E-state index in [-0.39, 0.29) is 11.8 Å². The van der Waals surface area contributed by atoms with Crippen LogP contribution >= 0.6 is 0 Å². The lowest BCUT2D eigenvalue weighted by Crippen LogP contribution is -2.41. The zero-order valence-electron chi connectivity index (χ0n) is 17.7. The molecule has 31 heavy (non-hydrogen) atoms. The van der Waals surface area contributed by atoms with Gasteiger partial charge in [0.15, 0.2) is 5.89 Å². The first-order valence-corrected chi connectivity index (χ1v) is 10.9. The monoisotopic (exact) mass is 414 g/mol. The minimum Gasteiger partial charge on any atom is -0.445 e. The number of carbonyl (C=O) groups excluding carboxylic acids is 1. The van der Waals surface area contributed by atoms with E-state index in [4.69, 9.17) is 4.42 Å². The van der Waals surface area contributed by atoms with Gasteiger partial charge in [-0.25, -0.2) is 9.97 Å². The fourth-order valence-corrected chi connectivity index (χ4v) is 4.43. The Morgan fingerprint density at radius 3 is 2.81 bits per heavy atom. The van der Waals surface area contributed by atoms with Crippen LogP contribution in [0.2, 0.25) is 0 Å². The Morgan fingerprint density at radius 2 is 1.94 bits per heavy atom. The lowest BCUT2D eigenvalue weighted by Gasteiger charge is -2.31. The fourth-order valence-electron chi connectivity index (χ4n) is 4.43. The number of amides is 1. The molecule has 2 aromatic heterocycles. The maximum absolute atomic E-state index is 13.1. The number of likely N-dealkylation sites (tertiary alicyclic amines) is 1. The van der Waals surface area contributed by atoms with Gasteiger partial charge in [-0.15, -0.1) is 0 Å². The number of rotatable bonds is 5. The number of carbonyl (C=O) groups is 1. The molecule has 0 aliphatic carbocycles. The molecule has 1 aliphatic rings. The number of imidazole rings is 1. The minimum atomic E-state index is 0.118. The van der Waals surface area contributed by atoms with E-state index in [0.29, 0.717) is 13.1 Å². The topological polar surface area (TPSA) is 64.2 Å². The van der Waals surface area contributed by atoms with Crippen LogP contribution in [0.15, 0.2) is 65.2 Å². The molecule has 1 aliphatic heterocycles. The Bertz CT molecular complexity index is 1190. The van der Waals surface area contributed by atoms with Gasteiger partial charge in [-0.05, 0) is 37.5 Å². The number of hydrogen-bond donors (Lipinski definition) is 0. The quantitative estimate of drug-likeness (QED) is 0.488. The minimum absolute atomic E-state index is 0.118. The number of para-hydroxylation sites is 2. The van der Waals surface area contributed by atoms with E-state index in [0.717, 1.165) is 54.3 Å². The van der Waals surface area contributed by atoms with Gasteiger partial charge in [0.25, 0.3) is 0 Å². The van der Waals surface area contributed by atoms with Crippen molar-refractivity contribution in [2.24, 2.45) is 0 Å². The lowest BCUT2D eigenvalue weighted by molar-refractivity contribution is -0.133. The van der Waals surface area contributed by atoms with Crippen LogP contribution in [0, 0.1) is 6.92 Å². The number of hydrogen-bond acceptors (Lipinski definition) is 4. The number of nitrogens with zero attached hydrogens (tertiary/aromatic N) is 4. The van der Waals surface area contributed by atoms with Crippen LogP contribution in [0.1, 0.15) is 41.8 Å². The first-order chi connectivity index (χ1) is 15.2. The molecule has 0 spiro atoms. The fraction of sp³-hybridized carbons (Fsp3) is 0.320. The van der Waals surface area contributed by atoms with E-state index in [1.54, 1.807) is 0 Å². The predicted octanol–water partition coefficient (Wildman–Crippen LogP) is 4.33. The molecule has 0 unspecified atom stereocenters. The highest BCUT2D eigenvalue weighted by Crippen LogP contribution is 2.28. The number of piperidine rings is 1. The standard InChI is InChI=1S/C25H26N4O2/c1-18-27-22-11-5-6-12-23(22)29(18)17-24(30)28-13-7-10-20(16-28)25-26-15-21(31-25)14-19-8-3-2-4-9-19/h2-6,8-9,11-12,15,20H,7,10,13-14,16-17H2,1H3/t20-/m1/s1. The SMILES string of the molecule is Cc1nc2ccccc2n1CC(=O)N1CCC[C@@H](c2ncc(Cc3ccccc3)o2)C1. The second kappa shape index (κ2) is 8.38. The average Bonchev–Trinajstić information content (AvgIpc) is 3.39. The molecular weight excluding hydrogens is 388 g/mol. The van der Waals surface area contributed by atoms with Gasteiger partial charge in [-0.2, -0.15) is 0 Å². The van der Waals surface area contributed by atoms with Crippen molar-refractivity contribution in [2.45, 2.75) is 38.6 Å². The Balaban J connectivity index is 1.27. The van der Waals surface area contributed by atoms with Crippen molar-refractivity contribution in [3.05, 3.63) is 83.8 Å². The molecule has 0 bridgehead atoms. The number of oxazole rings is 1. The van der Waals surface area contributed by atoms with Crippen LogP contribution in [-0.4, -0.2) is 38.4 Å². The molecule has 3 heterocycles. The van der Waals surface area contributed by atoms with Crippen LogP contribution in [0.3, 0.4) is 0 Å². The van der Waals surface area contributed by atoms with E-state index in [1.807, 2.05) is 65.1 Å². The van der Waals surface area contributed by atoms with E-state index >= 15 is 0 Å². The molecule has 0 saturated carbocycles. The normalized spacial score (nSPS) is 16.7. The molecule has 0 radical (unpaired) electrons. The van der Waals surface area contributed by atoms with Crippen molar-refractivity contribution >= 4 is 16.9 Å². The molecule has 1 fully saturated rings. The van der Waals surface area contributed by atoms with E-state index in [2.05, 4.69) is 22.1 Å². The third-order valence-electron chi connectivity index (χ3n) is 6.05. The zero-order chi connectivity index (χ0) is 21.2. The highest BCUT2D eigenvalue weighted by molar-refractivity contribution is 5.81. The van der Waals surface area contributed by atoms with Crippen molar-refractivity contribution in [3.63, 3.8) is 0 Å². The van der Waals surface area contributed by atoms with Crippen LogP contribution in [0.4, 0.5) is 0 Å². The van der Waals surface area contributed by atoms with Gasteiger partial charge in [0.2, 0.25) is 5.91 Å². The summed E-state index contributed by atoms with van der Waals surface area (Å²) in [6, 6.07) is 18.2. The summed E-state index contributed by atoms with van der Waals surface area (Å²) >= 11 is 0. The van der Waals surface area contributed by atoms with Crippen molar-refractivity contribution in [2.75, 3.05) is 13.1 Å². The third-order valence-corrected chi connectivity index (χ3v) is 6.05. The predicted molar refractivity (Wildman–Crippen MR) is 119 cm³/mol. The smallest absolute Gasteiger partial charge is 0.242 e. The summed E-state index contributed by atoms with van der Waals surface area (Å²) in [4.78, 5) is 24.2. The highest BCUT2D eigenvalue weighted by Gasteiger charge is 2.28. The van der Waals surface area contributed by atoms with Crippen molar-refractivity contribution < 1.29 is 9.21 Å². The van der Waals surface area contributed by atoms with Crippen molar-refractivity contribution in [1.82, 2.24) is 19.4 Å². The highest BCUT2D eigenvalue weighted by atomic mass is 16.4. The van der Waals surface area contributed by atoms with Crippen molar-refractivity contribution in [3.8, 4) is 0 Å². The van der Waals surface area contributed by atoms with Crippen LogP contribution < -0.4 is 0 Å². The van der Waals surface area contributed by atoms with Gasteiger partial charge < -0.3 is 13.9 Å². The summed E-state index contributed by atoms with van der Waals surface area (Å²) < 4.78 is 8.08. The second-order valence-corrected chi connectivity index (χ2v) is 8.24. The lowest BCUT2D eigenvalue weighted by atomic mass is 9.98. The molecule has 1 amide bonds. The first-order valence-electron chi connectivity index (χ1n) is 10.9. The Hall–Kier alpha value is -3.41. The first kappa shape index (κ1) is 19.5. The number of benzene rings is 2. The summed E-state index contributed by atoms with van der Waals surface area (Å²) in [6.45, 7) is 3.69. The largest absolute Gasteiger partial charge is 0.445 e. The Morgan fingerprint density at radius 1 is 1.13 bits per heavy atom. The molecular formula is C25H26N4O2. The number of aromatic nitrogens is 3. The third kappa shape index (κ3) is 4.10.